The van der Waals surface area contributed by atoms with E-state index < -0.39 is 23.8 Å². The maximum atomic E-state index is 12.9. The quantitative estimate of drug-likeness (QED) is 0.759. The number of hydrogen-bond donors (Lipinski definition) is 1. The van der Waals surface area contributed by atoms with Crippen LogP contribution < -0.4 is 10.2 Å². The van der Waals surface area contributed by atoms with Crippen LogP contribution in [0.3, 0.4) is 0 Å². The van der Waals surface area contributed by atoms with Crippen LogP contribution in [0, 0.1) is 5.92 Å². The normalized spacial score (nSPS) is 17.0. The van der Waals surface area contributed by atoms with Gasteiger partial charge in [-0.1, -0.05) is 25.4 Å². The zero-order valence-electron chi connectivity index (χ0n) is 16.2. The van der Waals surface area contributed by atoms with Crippen molar-refractivity contribution in [1.29, 1.82) is 0 Å². The predicted molar refractivity (Wildman–Crippen MR) is 105 cm³/mol. The zero-order chi connectivity index (χ0) is 22.1. The molecule has 3 amide bonds. The largest absolute Gasteiger partial charge is 0.433 e. The van der Waals surface area contributed by atoms with Gasteiger partial charge in [-0.3, -0.25) is 9.69 Å². The van der Waals surface area contributed by atoms with Gasteiger partial charge in [-0.2, -0.15) is 13.2 Å². The Morgan fingerprint density at radius 1 is 1.23 bits per heavy atom. The molecule has 0 spiro atoms. The van der Waals surface area contributed by atoms with Gasteiger partial charge in [0.15, 0.2) is 0 Å². The van der Waals surface area contributed by atoms with E-state index in [0.717, 1.165) is 12.3 Å². The lowest BCUT2D eigenvalue weighted by molar-refractivity contribution is -0.141. The summed E-state index contributed by atoms with van der Waals surface area (Å²) in [6, 6.07) is 4.35. The minimum absolute atomic E-state index is 0.0165. The third-order valence-electron chi connectivity index (χ3n) is 4.67. The number of nitrogens with one attached hydrogen (secondary N) is 1. The minimum Gasteiger partial charge on any atom is -0.310 e. The summed E-state index contributed by atoms with van der Waals surface area (Å²) in [5.74, 6) is -0.139. The molecule has 1 fully saturated rings. The third-order valence-corrected chi connectivity index (χ3v) is 4.90. The highest BCUT2D eigenvalue weighted by Crippen LogP contribution is 2.31. The van der Waals surface area contributed by atoms with E-state index in [1.807, 2.05) is 13.8 Å². The van der Waals surface area contributed by atoms with Crippen molar-refractivity contribution in [3.8, 4) is 0 Å². The van der Waals surface area contributed by atoms with Gasteiger partial charge >= 0.3 is 12.2 Å². The maximum Gasteiger partial charge on any atom is 0.433 e. The summed E-state index contributed by atoms with van der Waals surface area (Å²) in [5.41, 5.74) is -0.800. The average Bonchev–Trinajstić information content (AvgIpc) is 3.00. The minimum atomic E-state index is -4.56. The van der Waals surface area contributed by atoms with Gasteiger partial charge in [0.25, 0.3) is 0 Å². The highest BCUT2D eigenvalue weighted by Gasteiger charge is 2.41. The molecule has 3 rings (SSSR count). The standard InChI is InChI=1S/C19H19ClF3N5O2/c1-11(2)14-9-27(13-4-5-15(24-8-13)19(21,22)23)18(30)28(14)10-17(29)26-16-6-3-12(20)7-25-16/h3-8,11,14H,9-10H2,1-2H3,(H,25,26,29)/t14-/m1/s1. The summed E-state index contributed by atoms with van der Waals surface area (Å²) in [6.45, 7) is 3.81. The Hall–Kier alpha value is -2.88. The molecule has 7 nitrogen and oxygen atoms in total. The fraction of sp³-hybridized carbons (Fsp3) is 0.368. The molecule has 1 N–H and O–H groups in total. The lowest BCUT2D eigenvalue weighted by Gasteiger charge is -2.25. The first kappa shape index (κ1) is 21.8. The number of amides is 3. The number of nitrogens with zero attached hydrogens (tertiary/aromatic N) is 4. The van der Waals surface area contributed by atoms with E-state index in [9.17, 15) is 22.8 Å². The van der Waals surface area contributed by atoms with Crippen LogP contribution in [-0.4, -0.2) is 45.9 Å². The van der Waals surface area contributed by atoms with Crippen LogP contribution in [0.1, 0.15) is 19.5 Å². The van der Waals surface area contributed by atoms with Crippen LogP contribution in [0.15, 0.2) is 36.7 Å². The number of hydrogen-bond acceptors (Lipinski definition) is 4. The Morgan fingerprint density at radius 3 is 2.50 bits per heavy atom. The summed E-state index contributed by atoms with van der Waals surface area (Å²) >= 11 is 5.77. The number of urea groups is 1. The van der Waals surface area contributed by atoms with E-state index in [1.54, 1.807) is 6.07 Å². The molecule has 11 heteroatoms. The molecule has 2 aromatic heterocycles. The van der Waals surface area contributed by atoms with Crippen LogP contribution in [-0.2, 0) is 11.0 Å². The van der Waals surface area contributed by atoms with Crippen molar-refractivity contribution in [2.45, 2.75) is 26.1 Å². The van der Waals surface area contributed by atoms with Crippen LogP contribution in [0.25, 0.3) is 0 Å². The van der Waals surface area contributed by atoms with Gasteiger partial charge in [0.05, 0.1) is 22.9 Å². The molecule has 2 aromatic rings. The van der Waals surface area contributed by atoms with Gasteiger partial charge in [-0.25, -0.2) is 14.8 Å². The molecule has 0 aliphatic carbocycles. The fourth-order valence-corrected chi connectivity index (χ4v) is 3.24. The SMILES string of the molecule is CC(C)[C@H]1CN(c2ccc(C(F)(F)F)nc2)C(=O)N1CC(=O)Nc1ccc(Cl)cn1. The first-order valence-corrected chi connectivity index (χ1v) is 9.47. The van der Waals surface area contributed by atoms with Crippen molar-refractivity contribution < 1.29 is 22.8 Å². The number of pyridine rings is 2. The van der Waals surface area contributed by atoms with Gasteiger partial charge in [-0.05, 0) is 30.2 Å². The monoisotopic (exact) mass is 441 g/mol. The molecule has 0 bridgehead atoms. The lowest BCUT2D eigenvalue weighted by atomic mass is 10.0. The second kappa shape index (κ2) is 8.47. The van der Waals surface area contributed by atoms with Crippen molar-refractivity contribution in [2.75, 3.05) is 23.3 Å². The maximum absolute atomic E-state index is 12.9. The second-order valence-electron chi connectivity index (χ2n) is 7.14. The van der Waals surface area contributed by atoms with E-state index in [2.05, 4.69) is 15.3 Å². The third kappa shape index (κ3) is 4.81. The van der Waals surface area contributed by atoms with Crippen molar-refractivity contribution in [2.24, 2.45) is 5.92 Å². The molecule has 1 saturated heterocycles. The van der Waals surface area contributed by atoms with E-state index in [-0.39, 0.29) is 30.7 Å². The number of alkyl halides is 3. The Kier molecular flexibility index (Phi) is 6.16. The molecule has 0 radical (unpaired) electrons. The van der Waals surface area contributed by atoms with Crippen LogP contribution in [0.4, 0.5) is 29.5 Å². The molecule has 1 aliphatic heterocycles. The predicted octanol–water partition coefficient (Wildman–Crippen LogP) is 4.05. The Bertz CT molecular complexity index is 919. The van der Waals surface area contributed by atoms with Gasteiger partial charge in [0, 0.05) is 12.7 Å². The van der Waals surface area contributed by atoms with Crippen LogP contribution in [0.5, 0.6) is 0 Å². The second-order valence-corrected chi connectivity index (χ2v) is 7.58. The number of rotatable bonds is 5. The van der Waals surface area contributed by atoms with E-state index in [1.165, 1.54) is 28.1 Å². The molecule has 0 saturated carbocycles. The zero-order valence-corrected chi connectivity index (χ0v) is 16.9. The van der Waals surface area contributed by atoms with Crippen LogP contribution >= 0.6 is 11.6 Å². The van der Waals surface area contributed by atoms with Crippen molar-refractivity contribution in [3.05, 3.63) is 47.4 Å². The Balaban J connectivity index is 1.74. The molecular formula is C19H19ClF3N5O2. The molecule has 1 aliphatic rings. The first-order valence-electron chi connectivity index (χ1n) is 9.09. The van der Waals surface area contributed by atoms with Crippen molar-refractivity contribution >= 4 is 35.0 Å². The molecule has 3 heterocycles. The topological polar surface area (TPSA) is 78.4 Å². The highest BCUT2D eigenvalue weighted by atomic mass is 35.5. The fourth-order valence-electron chi connectivity index (χ4n) is 3.13. The summed E-state index contributed by atoms with van der Waals surface area (Å²) < 4.78 is 38.2. The number of aromatic nitrogens is 2. The first-order chi connectivity index (χ1) is 14.1. The molecule has 0 unspecified atom stereocenters. The van der Waals surface area contributed by atoms with Gasteiger partial charge in [-0.15, -0.1) is 0 Å². The molecular weight excluding hydrogens is 423 g/mol. The summed E-state index contributed by atoms with van der Waals surface area (Å²) in [5, 5.41) is 3.02. The summed E-state index contributed by atoms with van der Waals surface area (Å²) in [7, 11) is 0. The van der Waals surface area contributed by atoms with Crippen molar-refractivity contribution in [1.82, 2.24) is 14.9 Å². The smallest absolute Gasteiger partial charge is 0.310 e. The summed E-state index contributed by atoms with van der Waals surface area (Å²) in [4.78, 5) is 35.5. The highest BCUT2D eigenvalue weighted by molar-refractivity contribution is 6.30. The molecule has 160 valence electrons. The van der Waals surface area contributed by atoms with E-state index in [0.29, 0.717) is 10.8 Å². The number of anilines is 2. The number of halogens is 4. The van der Waals surface area contributed by atoms with Gasteiger partial charge in [0.2, 0.25) is 5.91 Å². The summed E-state index contributed by atoms with van der Waals surface area (Å²) in [6.07, 6.45) is -2.17. The van der Waals surface area contributed by atoms with Crippen molar-refractivity contribution in [3.63, 3.8) is 0 Å². The molecule has 0 aromatic carbocycles. The number of carbonyl (C=O) groups is 2. The Labute approximate surface area is 175 Å². The van der Waals surface area contributed by atoms with Gasteiger partial charge in [0.1, 0.15) is 18.1 Å². The average molecular weight is 442 g/mol. The Morgan fingerprint density at radius 2 is 1.97 bits per heavy atom. The lowest BCUT2D eigenvalue weighted by Crippen LogP contribution is -2.42. The van der Waals surface area contributed by atoms with E-state index >= 15 is 0 Å². The van der Waals surface area contributed by atoms with Crippen LogP contribution in [0.2, 0.25) is 5.02 Å². The number of carbonyl (C=O) groups excluding carboxylic acids is 2. The van der Waals surface area contributed by atoms with E-state index in [4.69, 9.17) is 11.6 Å². The molecule has 1 atom stereocenters. The van der Waals surface area contributed by atoms with Gasteiger partial charge < -0.3 is 10.2 Å². The molecule has 30 heavy (non-hydrogen) atoms.